The second-order valence-electron chi connectivity index (χ2n) is 2.80. The molecule has 0 atom stereocenters. The third-order valence-corrected chi connectivity index (χ3v) is 2.28. The van der Waals surface area contributed by atoms with Crippen LogP contribution < -0.4 is 0 Å². The average molecular weight is 262 g/mol. The van der Waals surface area contributed by atoms with E-state index in [2.05, 4.69) is 26.2 Å². The largest absolute Gasteiger partial charge is 0.258 e. The molecule has 0 aliphatic heterocycles. The maximum atomic E-state index is 12.1. The molecule has 0 aliphatic carbocycles. The Morgan fingerprint density at radius 3 is 2.93 bits per heavy atom. The zero-order chi connectivity index (χ0) is 10.1. The van der Waals surface area contributed by atoms with Crippen LogP contribution in [0.5, 0.6) is 0 Å². The molecule has 2 rings (SSSR count). The molecule has 0 saturated heterocycles. The van der Waals surface area contributed by atoms with Gasteiger partial charge in [0.15, 0.2) is 0 Å². The van der Waals surface area contributed by atoms with Crippen LogP contribution in [0.4, 0.5) is 8.78 Å². The van der Waals surface area contributed by atoms with Gasteiger partial charge >= 0.3 is 0 Å². The first-order valence-corrected chi connectivity index (χ1v) is 4.73. The first kappa shape index (κ1) is 9.51. The number of benzene rings is 1. The number of nitrogens with zero attached hydrogens (tertiary/aromatic N) is 3. The van der Waals surface area contributed by atoms with Gasteiger partial charge in [0.1, 0.15) is 12.1 Å². The highest BCUT2D eigenvalue weighted by molar-refractivity contribution is 9.10. The van der Waals surface area contributed by atoms with E-state index in [1.807, 2.05) is 0 Å². The van der Waals surface area contributed by atoms with Gasteiger partial charge in [0.05, 0.1) is 5.52 Å². The van der Waals surface area contributed by atoms with E-state index in [-0.39, 0.29) is 0 Å². The molecule has 0 fully saturated rings. The van der Waals surface area contributed by atoms with E-state index in [4.69, 9.17) is 0 Å². The molecule has 0 amide bonds. The highest BCUT2D eigenvalue weighted by atomic mass is 79.9. The number of aromatic nitrogens is 3. The summed E-state index contributed by atoms with van der Waals surface area (Å²) in [6.07, 6.45) is -2.42. The minimum absolute atomic E-state index is 0.424. The normalized spacial score (nSPS) is 11.4. The van der Waals surface area contributed by atoms with Crippen molar-refractivity contribution in [2.75, 3.05) is 0 Å². The van der Waals surface area contributed by atoms with Crippen molar-refractivity contribution in [3.05, 3.63) is 22.7 Å². The smallest absolute Gasteiger partial charge is 0.239 e. The topological polar surface area (TPSA) is 30.7 Å². The summed E-state index contributed by atoms with van der Waals surface area (Å²) in [5.41, 5.74) is 1.23. The van der Waals surface area contributed by atoms with Crippen LogP contribution in [-0.4, -0.2) is 21.4 Å². The maximum absolute atomic E-state index is 12.1. The van der Waals surface area contributed by atoms with Gasteiger partial charge in [-0.3, -0.25) is 0 Å². The van der Waals surface area contributed by atoms with Crippen molar-refractivity contribution in [1.82, 2.24) is 15.0 Å². The number of fused-ring (bicyclic) bond motifs is 1. The molecule has 0 radical (unpaired) electrons. The number of hydrogen-bond acceptors (Lipinski definition) is 2. The van der Waals surface area contributed by atoms with Crippen molar-refractivity contribution in [1.29, 1.82) is 0 Å². The lowest BCUT2D eigenvalue weighted by Crippen LogP contribution is -2.07. The molecule has 0 N–H and O–H groups in total. The van der Waals surface area contributed by atoms with E-state index in [0.29, 0.717) is 11.0 Å². The zero-order valence-electron chi connectivity index (χ0n) is 6.99. The molecule has 6 heteroatoms. The van der Waals surface area contributed by atoms with Gasteiger partial charge in [-0.1, -0.05) is 21.1 Å². The fourth-order valence-electron chi connectivity index (χ4n) is 1.20. The lowest BCUT2D eigenvalue weighted by atomic mass is 10.3. The van der Waals surface area contributed by atoms with Gasteiger partial charge in [-0.2, -0.15) is 0 Å². The summed E-state index contributed by atoms with van der Waals surface area (Å²) in [5.74, 6) is 0. The number of halogens is 3. The van der Waals surface area contributed by atoms with Crippen molar-refractivity contribution >= 4 is 27.0 Å². The van der Waals surface area contributed by atoms with Crippen LogP contribution in [-0.2, 0) is 6.54 Å². The fraction of sp³-hybridized carbons (Fsp3) is 0.250. The Hall–Kier alpha value is -1.04. The maximum Gasteiger partial charge on any atom is 0.258 e. The Morgan fingerprint density at radius 1 is 1.43 bits per heavy atom. The van der Waals surface area contributed by atoms with Crippen molar-refractivity contribution < 1.29 is 8.78 Å². The zero-order valence-corrected chi connectivity index (χ0v) is 8.58. The molecule has 1 aromatic carbocycles. The van der Waals surface area contributed by atoms with Crippen molar-refractivity contribution in [3.63, 3.8) is 0 Å². The van der Waals surface area contributed by atoms with Gasteiger partial charge in [0.2, 0.25) is 0 Å². The van der Waals surface area contributed by atoms with Crippen molar-refractivity contribution in [2.24, 2.45) is 0 Å². The molecule has 0 aliphatic rings. The molecule has 0 bridgehead atoms. The number of hydrogen-bond donors (Lipinski definition) is 0. The van der Waals surface area contributed by atoms with Crippen molar-refractivity contribution in [2.45, 2.75) is 13.0 Å². The molecule has 1 aromatic heterocycles. The van der Waals surface area contributed by atoms with Crippen LogP contribution >= 0.6 is 15.9 Å². The second kappa shape index (κ2) is 3.61. The average Bonchev–Trinajstić information content (AvgIpc) is 2.47. The Labute approximate surface area is 86.8 Å². The Bertz CT molecular complexity index is 455. The SMILES string of the molecule is FC(F)Cn1nnc2ccc(Br)cc21. The van der Waals surface area contributed by atoms with Crippen molar-refractivity contribution in [3.8, 4) is 0 Å². The van der Waals surface area contributed by atoms with Crippen LogP contribution in [0.3, 0.4) is 0 Å². The predicted octanol–water partition coefficient (Wildman–Crippen LogP) is 2.46. The Morgan fingerprint density at radius 2 is 2.21 bits per heavy atom. The Kier molecular flexibility index (Phi) is 2.45. The second-order valence-corrected chi connectivity index (χ2v) is 3.71. The minimum Gasteiger partial charge on any atom is -0.239 e. The lowest BCUT2D eigenvalue weighted by Gasteiger charge is -2.00. The highest BCUT2D eigenvalue weighted by Crippen LogP contribution is 2.18. The number of rotatable bonds is 2. The van der Waals surface area contributed by atoms with Crippen LogP contribution in [0, 0.1) is 0 Å². The molecule has 0 spiro atoms. The molecule has 3 nitrogen and oxygen atoms in total. The molecule has 2 aromatic rings. The molecular formula is C8H6BrF2N3. The van der Waals surface area contributed by atoms with Gasteiger partial charge in [0.25, 0.3) is 6.43 Å². The fourth-order valence-corrected chi connectivity index (χ4v) is 1.55. The van der Waals surface area contributed by atoms with Crippen LogP contribution in [0.15, 0.2) is 22.7 Å². The molecular weight excluding hydrogens is 256 g/mol. The number of alkyl halides is 2. The summed E-state index contributed by atoms with van der Waals surface area (Å²) in [4.78, 5) is 0. The summed E-state index contributed by atoms with van der Waals surface area (Å²) >= 11 is 3.26. The molecule has 0 unspecified atom stereocenters. The van der Waals surface area contributed by atoms with Crippen LogP contribution in [0.25, 0.3) is 11.0 Å². The summed E-state index contributed by atoms with van der Waals surface area (Å²) in [6.45, 7) is -0.424. The summed E-state index contributed by atoms with van der Waals surface area (Å²) in [7, 11) is 0. The summed E-state index contributed by atoms with van der Waals surface area (Å²) in [6, 6.07) is 5.25. The van der Waals surface area contributed by atoms with E-state index >= 15 is 0 Å². The predicted molar refractivity (Wildman–Crippen MR) is 51.2 cm³/mol. The first-order chi connectivity index (χ1) is 6.66. The van der Waals surface area contributed by atoms with Crippen LogP contribution in [0.1, 0.15) is 0 Å². The molecule has 14 heavy (non-hydrogen) atoms. The van der Waals surface area contributed by atoms with Crippen LogP contribution in [0.2, 0.25) is 0 Å². The highest BCUT2D eigenvalue weighted by Gasteiger charge is 2.09. The molecule has 1 heterocycles. The van der Waals surface area contributed by atoms with E-state index in [9.17, 15) is 8.78 Å². The Balaban J connectivity index is 2.50. The summed E-state index contributed by atoms with van der Waals surface area (Å²) in [5, 5.41) is 7.41. The molecule has 0 saturated carbocycles. The van der Waals surface area contributed by atoms with E-state index < -0.39 is 13.0 Å². The van der Waals surface area contributed by atoms with Gasteiger partial charge in [-0.25, -0.2) is 13.5 Å². The standard InChI is InChI=1S/C8H6BrF2N3/c9-5-1-2-6-7(3-5)14(13-12-6)4-8(10)11/h1-3,8H,4H2. The van der Waals surface area contributed by atoms with E-state index in [1.54, 1.807) is 18.2 Å². The third kappa shape index (κ3) is 1.75. The first-order valence-electron chi connectivity index (χ1n) is 3.94. The third-order valence-electron chi connectivity index (χ3n) is 1.79. The van der Waals surface area contributed by atoms with Gasteiger partial charge < -0.3 is 0 Å². The summed E-state index contributed by atoms with van der Waals surface area (Å²) < 4.78 is 26.3. The van der Waals surface area contributed by atoms with Gasteiger partial charge in [-0.05, 0) is 18.2 Å². The van der Waals surface area contributed by atoms with E-state index in [0.717, 1.165) is 4.47 Å². The molecule has 74 valence electrons. The monoisotopic (exact) mass is 261 g/mol. The quantitative estimate of drug-likeness (QED) is 0.832. The van der Waals surface area contributed by atoms with Gasteiger partial charge in [-0.15, -0.1) is 5.10 Å². The van der Waals surface area contributed by atoms with Gasteiger partial charge in [0, 0.05) is 4.47 Å². The lowest BCUT2D eigenvalue weighted by molar-refractivity contribution is 0.122. The van der Waals surface area contributed by atoms with E-state index in [1.165, 1.54) is 4.68 Å². The minimum atomic E-state index is -2.42.